The van der Waals surface area contributed by atoms with Gasteiger partial charge < -0.3 is 4.74 Å². The summed E-state index contributed by atoms with van der Waals surface area (Å²) in [6.07, 6.45) is 0.438. The summed E-state index contributed by atoms with van der Waals surface area (Å²) < 4.78 is 33.1. The van der Waals surface area contributed by atoms with E-state index in [1.807, 2.05) is 0 Å². The molecule has 0 bridgehead atoms. The van der Waals surface area contributed by atoms with Crippen LogP contribution in [0, 0.1) is 11.6 Å². The highest BCUT2D eigenvalue weighted by atomic mass is 19.1. The molecule has 0 N–H and O–H groups in total. The Bertz CT molecular complexity index is 620. The highest BCUT2D eigenvalue weighted by molar-refractivity contribution is 5.88. The Hall–Kier alpha value is -2.31. The molecule has 0 aliphatic heterocycles. The normalized spacial score (nSPS) is 10.6. The summed E-state index contributed by atoms with van der Waals surface area (Å²) >= 11 is 0. The van der Waals surface area contributed by atoms with Crippen molar-refractivity contribution >= 4 is 5.97 Å². The van der Waals surface area contributed by atoms with Crippen LogP contribution in [0.2, 0.25) is 0 Å². The first-order chi connectivity index (χ1) is 9.58. The van der Waals surface area contributed by atoms with Crippen LogP contribution in [0.15, 0.2) is 18.2 Å². The topological polar surface area (TPSA) is 57.0 Å². The number of hydrogen-bond acceptors (Lipinski definition) is 4. The molecule has 2 aromatic rings. The highest BCUT2D eigenvalue weighted by Gasteiger charge is 2.20. The van der Waals surface area contributed by atoms with Crippen LogP contribution in [0.3, 0.4) is 0 Å². The van der Waals surface area contributed by atoms with Gasteiger partial charge in [0.05, 0.1) is 19.3 Å². The molecule has 0 spiro atoms. The van der Waals surface area contributed by atoms with Crippen LogP contribution in [-0.2, 0) is 17.7 Å². The lowest BCUT2D eigenvalue weighted by Gasteiger charge is -2.07. The second kappa shape index (κ2) is 5.77. The van der Waals surface area contributed by atoms with Crippen LogP contribution in [0.25, 0.3) is 0 Å². The van der Waals surface area contributed by atoms with Gasteiger partial charge in [0.2, 0.25) is 0 Å². The SMILES string of the molecule is CCc1c(C(=O)OC)nnn1Cc1c(F)cccc1F. The van der Waals surface area contributed by atoms with Gasteiger partial charge in [-0.25, -0.2) is 18.3 Å². The molecule has 0 aliphatic carbocycles. The van der Waals surface area contributed by atoms with Crippen molar-refractivity contribution in [3.8, 4) is 0 Å². The third-order valence-corrected chi connectivity index (χ3v) is 2.92. The van der Waals surface area contributed by atoms with E-state index < -0.39 is 17.6 Å². The average molecular weight is 281 g/mol. The molecule has 0 saturated carbocycles. The van der Waals surface area contributed by atoms with E-state index >= 15 is 0 Å². The van der Waals surface area contributed by atoms with Crippen LogP contribution in [0.5, 0.6) is 0 Å². The van der Waals surface area contributed by atoms with Gasteiger partial charge in [0.1, 0.15) is 11.6 Å². The molecule has 1 aromatic carbocycles. The first kappa shape index (κ1) is 14.1. The maximum atomic E-state index is 13.6. The van der Waals surface area contributed by atoms with E-state index in [0.717, 1.165) is 0 Å². The van der Waals surface area contributed by atoms with Crippen molar-refractivity contribution in [1.29, 1.82) is 0 Å². The van der Waals surface area contributed by atoms with Gasteiger partial charge in [0, 0.05) is 5.56 Å². The van der Waals surface area contributed by atoms with Crippen molar-refractivity contribution in [1.82, 2.24) is 15.0 Å². The number of ether oxygens (including phenoxy) is 1. The van der Waals surface area contributed by atoms with E-state index in [2.05, 4.69) is 15.0 Å². The maximum Gasteiger partial charge on any atom is 0.360 e. The van der Waals surface area contributed by atoms with Crippen LogP contribution in [0.1, 0.15) is 28.7 Å². The van der Waals surface area contributed by atoms with Gasteiger partial charge in [-0.2, -0.15) is 0 Å². The molecule has 1 heterocycles. The van der Waals surface area contributed by atoms with Crippen LogP contribution >= 0.6 is 0 Å². The predicted molar refractivity (Wildman–Crippen MR) is 66.2 cm³/mol. The molecule has 0 aliphatic rings. The number of aromatic nitrogens is 3. The van der Waals surface area contributed by atoms with Gasteiger partial charge in [-0.05, 0) is 18.6 Å². The molecule has 0 unspecified atom stereocenters. The molecular formula is C13H13F2N3O2. The Morgan fingerprint density at radius 2 is 2.00 bits per heavy atom. The van der Waals surface area contributed by atoms with Crippen molar-refractivity contribution in [2.24, 2.45) is 0 Å². The molecule has 7 heteroatoms. The van der Waals surface area contributed by atoms with Gasteiger partial charge in [0.15, 0.2) is 5.69 Å². The fourth-order valence-electron chi connectivity index (χ4n) is 1.90. The Balaban J connectivity index is 2.40. The maximum absolute atomic E-state index is 13.6. The summed E-state index contributed by atoms with van der Waals surface area (Å²) in [6.45, 7) is 1.66. The zero-order chi connectivity index (χ0) is 14.7. The van der Waals surface area contributed by atoms with E-state index in [-0.39, 0.29) is 17.8 Å². The second-order valence-corrected chi connectivity index (χ2v) is 4.09. The fraction of sp³-hybridized carbons (Fsp3) is 0.308. The lowest BCUT2D eigenvalue weighted by atomic mass is 10.2. The van der Waals surface area contributed by atoms with Crippen LogP contribution in [-0.4, -0.2) is 28.1 Å². The largest absolute Gasteiger partial charge is 0.464 e. The van der Waals surface area contributed by atoms with E-state index in [0.29, 0.717) is 12.1 Å². The van der Waals surface area contributed by atoms with Crippen molar-refractivity contribution in [2.75, 3.05) is 7.11 Å². The first-order valence-electron chi connectivity index (χ1n) is 6.02. The third-order valence-electron chi connectivity index (χ3n) is 2.92. The molecule has 1 aromatic heterocycles. The predicted octanol–water partition coefficient (Wildman–Crippen LogP) is 1.95. The first-order valence-corrected chi connectivity index (χ1v) is 6.02. The lowest BCUT2D eigenvalue weighted by molar-refractivity contribution is 0.0592. The number of esters is 1. The number of carbonyl (C=O) groups excluding carboxylic acids is 1. The molecular weight excluding hydrogens is 268 g/mol. The second-order valence-electron chi connectivity index (χ2n) is 4.09. The van der Waals surface area contributed by atoms with Crippen molar-refractivity contribution in [3.63, 3.8) is 0 Å². The molecule has 0 amide bonds. The highest BCUT2D eigenvalue weighted by Crippen LogP contribution is 2.16. The summed E-state index contributed by atoms with van der Waals surface area (Å²) in [7, 11) is 1.23. The minimum absolute atomic E-state index is 0.0618. The molecule has 106 valence electrons. The van der Waals surface area contributed by atoms with E-state index in [1.165, 1.54) is 30.0 Å². The van der Waals surface area contributed by atoms with Gasteiger partial charge >= 0.3 is 5.97 Å². The molecule has 2 rings (SSSR count). The Morgan fingerprint density at radius 1 is 1.35 bits per heavy atom. The van der Waals surface area contributed by atoms with Crippen LogP contribution < -0.4 is 0 Å². The lowest BCUT2D eigenvalue weighted by Crippen LogP contribution is -2.11. The number of hydrogen-bond donors (Lipinski definition) is 0. The molecule has 5 nitrogen and oxygen atoms in total. The summed E-state index contributed by atoms with van der Waals surface area (Å²) in [5.74, 6) is -1.95. The summed E-state index contributed by atoms with van der Waals surface area (Å²) in [5, 5.41) is 7.47. The standard InChI is InChI=1S/C13H13F2N3O2/c1-3-11-12(13(19)20-2)16-17-18(11)7-8-9(14)5-4-6-10(8)15/h4-6H,3,7H2,1-2H3. The smallest absolute Gasteiger partial charge is 0.360 e. The Kier molecular flexibility index (Phi) is 4.07. The van der Waals surface area contributed by atoms with Crippen molar-refractivity contribution < 1.29 is 18.3 Å². The zero-order valence-electron chi connectivity index (χ0n) is 11.1. The van der Waals surface area contributed by atoms with Gasteiger partial charge in [-0.15, -0.1) is 5.10 Å². The van der Waals surface area contributed by atoms with E-state index in [1.54, 1.807) is 6.92 Å². The number of methoxy groups -OCH3 is 1. The Labute approximate surface area is 114 Å². The summed E-state index contributed by atoms with van der Waals surface area (Å²) in [5.41, 5.74) is 0.412. The Morgan fingerprint density at radius 3 is 2.55 bits per heavy atom. The number of rotatable bonds is 4. The third kappa shape index (κ3) is 2.52. The zero-order valence-corrected chi connectivity index (χ0v) is 11.1. The van der Waals surface area contributed by atoms with Gasteiger partial charge in [-0.1, -0.05) is 18.2 Å². The quantitative estimate of drug-likeness (QED) is 0.804. The molecule has 0 saturated heterocycles. The minimum atomic E-state index is -0.665. The fourth-order valence-corrected chi connectivity index (χ4v) is 1.90. The summed E-state index contributed by atoms with van der Waals surface area (Å²) in [6, 6.07) is 3.63. The van der Waals surface area contributed by atoms with Crippen molar-refractivity contribution in [2.45, 2.75) is 19.9 Å². The molecule has 0 atom stereocenters. The van der Waals surface area contributed by atoms with Gasteiger partial charge in [-0.3, -0.25) is 0 Å². The number of benzene rings is 1. The molecule has 20 heavy (non-hydrogen) atoms. The molecule has 0 radical (unpaired) electrons. The summed E-state index contributed by atoms with van der Waals surface area (Å²) in [4.78, 5) is 11.5. The minimum Gasteiger partial charge on any atom is -0.464 e. The van der Waals surface area contributed by atoms with E-state index in [4.69, 9.17) is 0 Å². The molecule has 0 fully saturated rings. The van der Waals surface area contributed by atoms with Gasteiger partial charge in [0.25, 0.3) is 0 Å². The number of halogens is 2. The van der Waals surface area contributed by atoms with Crippen molar-refractivity contribution in [3.05, 3.63) is 46.8 Å². The average Bonchev–Trinajstić information content (AvgIpc) is 2.85. The number of nitrogens with zero attached hydrogens (tertiary/aromatic N) is 3. The number of carbonyl (C=O) groups is 1. The van der Waals surface area contributed by atoms with Crippen LogP contribution in [0.4, 0.5) is 8.78 Å². The monoisotopic (exact) mass is 281 g/mol. The van der Waals surface area contributed by atoms with E-state index in [9.17, 15) is 13.6 Å².